The van der Waals surface area contributed by atoms with Crippen molar-refractivity contribution in [2.45, 2.75) is 53.5 Å². The van der Waals surface area contributed by atoms with Gasteiger partial charge in [-0.1, -0.05) is 34.6 Å². The van der Waals surface area contributed by atoms with Crippen molar-refractivity contribution in [2.75, 3.05) is 19.6 Å². The van der Waals surface area contributed by atoms with Crippen molar-refractivity contribution in [1.29, 1.82) is 0 Å². The zero-order valence-corrected chi connectivity index (χ0v) is 14.0. The van der Waals surface area contributed by atoms with Crippen LogP contribution in [0.4, 0.5) is 4.79 Å². The Labute approximate surface area is 128 Å². The van der Waals surface area contributed by atoms with Crippen LogP contribution >= 0.6 is 0 Å². The number of likely N-dealkylation sites (tertiary alicyclic amines) is 1. The number of rotatable bonds is 6. The summed E-state index contributed by atoms with van der Waals surface area (Å²) in [4.78, 5) is 27.7. The molecule has 5 heteroatoms. The first-order valence-electron chi connectivity index (χ1n) is 8.10. The molecule has 5 nitrogen and oxygen atoms in total. The number of hydrogen-bond donors (Lipinski definition) is 1. The number of carbonyl (C=O) groups is 2. The lowest BCUT2D eigenvalue weighted by atomic mass is 9.99. The van der Waals surface area contributed by atoms with E-state index in [0.717, 1.165) is 19.4 Å². The fraction of sp³-hybridized carbons (Fsp3) is 0.875. The van der Waals surface area contributed by atoms with Gasteiger partial charge in [0.25, 0.3) is 0 Å². The van der Waals surface area contributed by atoms with E-state index in [-0.39, 0.29) is 18.0 Å². The van der Waals surface area contributed by atoms with E-state index in [1.807, 2.05) is 11.8 Å². The highest BCUT2D eigenvalue weighted by Gasteiger charge is 2.39. The Morgan fingerprint density at radius 2 is 1.81 bits per heavy atom. The molecule has 2 atom stereocenters. The first-order chi connectivity index (χ1) is 9.81. The lowest BCUT2D eigenvalue weighted by Crippen LogP contribution is -2.48. The summed E-state index contributed by atoms with van der Waals surface area (Å²) in [6.07, 6.45) is 1.86. The van der Waals surface area contributed by atoms with Gasteiger partial charge in [0, 0.05) is 25.7 Å². The predicted molar refractivity (Wildman–Crippen MR) is 83.2 cm³/mol. The van der Waals surface area contributed by atoms with Gasteiger partial charge in [-0.2, -0.15) is 0 Å². The minimum atomic E-state index is -0.796. The van der Waals surface area contributed by atoms with Crippen LogP contribution in [0.5, 0.6) is 0 Å². The lowest BCUT2D eigenvalue weighted by Gasteiger charge is -2.35. The Hall–Kier alpha value is -1.26. The van der Waals surface area contributed by atoms with Crippen molar-refractivity contribution >= 4 is 12.0 Å². The molecule has 0 spiro atoms. The van der Waals surface area contributed by atoms with Gasteiger partial charge in [0.15, 0.2) is 0 Å². The molecule has 0 bridgehead atoms. The topological polar surface area (TPSA) is 60.9 Å². The van der Waals surface area contributed by atoms with E-state index < -0.39 is 11.9 Å². The standard InChI is InChI=1S/C16H30N2O3/c1-6-13(7-2)18(8-11(3)4)16(21)17-9-12(5)14(10-17)15(19)20/h11-14H,6-10H2,1-5H3,(H,19,20)/t12-,14-/m1/s1. The third-order valence-corrected chi connectivity index (χ3v) is 4.39. The van der Waals surface area contributed by atoms with Crippen LogP contribution < -0.4 is 0 Å². The highest BCUT2D eigenvalue weighted by atomic mass is 16.4. The molecule has 0 aliphatic carbocycles. The van der Waals surface area contributed by atoms with Gasteiger partial charge in [-0.3, -0.25) is 4.79 Å². The van der Waals surface area contributed by atoms with Gasteiger partial charge >= 0.3 is 12.0 Å². The Morgan fingerprint density at radius 3 is 2.19 bits per heavy atom. The van der Waals surface area contributed by atoms with E-state index in [1.165, 1.54) is 0 Å². The summed E-state index contributed by atoms with van der Waals surface area (Å²) in [6, 6.07) is 0.243. The summed E-state index contributed by atoms with van der Waals surface area (Å²) in [5, 5.41) is 9.22. The summed E-state index contributed by atoms with van der Waals surface area (Å²) in [5.41, 5.74) is 0. The van der Waals surface area contributed by atoms with E-state index in [1.54, 1.807) is 4.90 Å². The summed E-state index contributed by atoms with van der Waals surface area (Å²) >= 11 is 0. The van der Waals surface area contributed by atoms with Crippen molar-refractivity contribution < 1.29 is 14.7 Å². The summed E-state index contributed by atoms with van der Waals surface area (Å²) in [6.45, 7) is 11.9. The summed E-state index contributed by atoms with van der Waals surface area (Å²) < 4.78 is 0. The number of carboxylic acid groups (broad SMARTS) is 1. The largest absolute Gasteiger partial charge is 0.481 e. The van der Waals surface area contributed by atoms with Crippen LogP contribution in [-0.2, 0) is 4.79 Å². The molecule has 1 rings (SSSR count). The maximum Gasteiger partial charge on any atom is 0.320 e. The zero-order chi connectivity index (χ0) is 16.2. The van der Waals surface area contributed by atoms with Crippen molar-refractivity contribution in [2.24, 2.45) is 17.8 Å². The quantitative estimate of drug-likeness (QED) is 0.820. The number of hydrogen-bond acceptors (Lipinski definition) is 2. The first-order valence-corrected chi connectivity index (χ1v) is 8.10. The minimum absolute atomic E-state index is 0.00741. The fourth-order valence-electron chi connectivity index (χ4n) is 3.13. The van der Waals surface area contributed by atoms with E-state index >= 15 is 0 Å². The monoisotopic (exact) mass is 298 g/mol. The molecule has 1 fully saturated rings. The fourth-order valence-corrected chi connectivity index (χ4v) is 3.13. The zero-order valence-electron chi connectivity index (χ0n) is 14.0. The highest BCUT2D eigenvalue weighted by molar-refractivity contribution is 5.78. The average Bonchev–Trinajstić information content (AvgIpc) is 2.80. The van der Waals surface area contributed by atoms with E-state index in [0.29, 0.717) is 19.0 Å². The number of amides is 2. The number of carboxylic acids is 1. The smallest absolute Gasteiger partial charge is 0.320 e. The number of aliphatic carboxylic acids is 1. The van der Waals surface area contributed by atoms with Crippen LogP contribution in [-0.4, -0.2) is 52.6 Å². The molecule has 122 valence electrons. The molecule has 0 aromatic rings. The van der Waals surface area contributed by atoms with Crippen LogP contribution in [0.1, 0.15) is 47.5 Å². The van der Waals surface area contributed by atoms with Crippen molar-refractivity contribution in [3.63, 3.8) is 0 Å². The molecule has 0 saturated carbocycles. The Morgan fingerprint density at radius 1 is 1.24 bits per heavy atom. The molecule has 1 heterocycles. The number of urea groups is 1. The second-order valence-electron chi connectivity index (χ2n) is 6.63. The summed E-state index contributed by atoms with van der Waals surface area (Å²) in [5.74, 6) is -0.800. The Kier molecular flexibility index (Phi) is 6.49. The highest BCUT2D eigenvalue weighted by Crippen LogP contribution is 2.25. The molecule has 1 saturated heterocycles. The maximum absolute atomic E-state index is 12.8. The molecule has 0 unspecified atom stereocenters. The number of nitrogens with zero attached hydrogens (tertiary/aromatic N) is 2. The van der Waals surface area contributed by atoms with Gasteiger partial charge in [-0.25, -0.2) is 4.79 Å². The van der Waals surface area contributed by atoms with Gasteiger partial charge in [-0.05, 0) is 24.7 Å². The normalized spacial score (nSPS) is 22.1. The molecule has 1 aliphatic heterocycles. The van der Waals surface area contributed by atoms with Crippen LogP contribution in [0.25, 0.3) is 0 Å². The first kappa shape index (κ1) is 17.8. The molecule has 2 amide bonds. The SMILES string of the molecule is CCC(CC)N(CC(C)C)C(=O)N1C[C@@H](C)[C@H](C(=O)O)C1. The van der Waals surface area contributed by atoms with E-state index in [9.17, 15) is 14.7 Å². The van der Waals surface area contributed by atoms with Gasteiger partial charge in [0.1, 0.15) is 0 Å². The lowest BCUT2D eigenvalue weighted by molar-refractivity contribution is -0.142. The van der Waals surface area contributed by atoms with Gasteiger partial charge < -0.3 is 14.9 Å². The van der Waals surface area contributed by atoms with Crippen LogP contribution in [0.3, 0.4) is 0 Å². The predicted octanol–water partition coefficient (Wildman–Crippen LogP) is 2.91. The second-order valence-corrected chi connectivity index (χ2v) is 6.63. The molecular weight excluding hydrogens is 268 g/mol. The van der Waals surface area contributed by atoms with Gasteiger partial charge in [-0.15, -0.1) is 0 Å². The van der Waals surface area contributed by atoms with Gasteiger partial charge in [0.2, 0.25) is 0 Å². The molecular formula is C16H30N2O3. The second kappa shape index (κ2) is 7.66. The number of carbonyl (C=O) groups excluding carboxylic acids is 1. The van der Waals surface area contributed by atoms with Crippen molar-refractivity contribution in [3.05, 3.63) is 0 Å². The maximum atomic E-state index is 12.8. The third kappa shape index (κ3) is 4.35. The molecule has 21 heavy (non-hydrogen) atoms. The molecule has 0 radical (unpaired) electrons. The minimum Gasteiger partial charge on any atom is -0.481 e. The average molecular weight is 298 g/mol. The molecule has 1 N–H and O–H groups in total. The van der Waals surface area contributed by atoms with Crippen LogP contribution in [0, 0.1) is 17.8 Å². The van der Waals surface area contributed by atoms with Crippen LogP contribution in [0.2, 0.25) is 0 Å². The summed E-state index contributed by atoms with van der Waals surface area (Å²) in [7, 11) is 0. The van der Waals surface area contributed by atoms with E-state index in [2.05, 4.69) is 27.7 Å². The third-order valence-electron chi connectivity index (χ3n) is 4.39. The van der Waals surface area contributed by atoms with E-state index in [4.69, 9.17) is 0 Å². The van der Waals surface area contributed by atoms with Crippen molar-refractivity contribution in [3.8, 4) is 0 Å². The van der Waals surface area contributed by atoms with Crippen LogP contribution in [0.15, 0.2) is 0 Å². The molecule has 0 aromatic heterocycles. The molecule has 0 aromatic carbocycles. The molecule has 1 aliphatic rings. The van der Waals surface area contributed by atoms with Gasteiger partial charge in [0.05, 0.1) is 5.92 Å². The Bertz CT molecular complexity index is 367. The van der Waals surface area contributed by atoms with Crippen molar-refractivity contribution in [1.82, 2.24) is 9.80 Å². The Balaban J connectivity index is 2.83.